The maximum absolute atomic E-state index is 12.8. The molecule has 0 aliphatic carbocycles. The third kappa shape index (κ3) is 4.75. The van der Waals surface area contributed by atoms with Crippen LogP contribution in [0.2, 0.25) is 10.2 Å². The molecule has 2 aromatic rings. The molecule has 0 saturated carbocycles. The number of benzene rings is 1. The topological polar surface area (TPSA) is 63.1 Å². The smallest absolute Gasteiger partial charge is 0.270 e. The van der Waals surface area contributed by atoms with Gasteiger partial charge in [0.15, 0.2) is 0 Å². The van der Waals surface area contributed by atoms with Crippen LogP contribution in [0.25, 0.3) is 0 Å². The second-order valence-electron chi connectivity index (χ2n) is 5.68. The maximum atomic E-state index is 12.8. The first-order chi connectivity index (χ1) is 11.4. The van der Waals surface area contributed by atoms with E-state index in [0.717, 1.165) is 12.1 Å². The molecule has 126 valence electrons. The number of nitrogens with one attached hydrogen (secondary N) is 1. The number of likely N-dealkylation sites (N-methyl/N-ethyl adjacent to an activating group) is 1. The van der Waals surface area contributed by atoms with Gasteiger partial charge in [0.05, 0.1) is 16.7 Å². The highest BCUT2D eigenvalue weighted by Crippen LogP contribution is 2.23. The van der Waals surface area contributed by atoms with E-state index < -0.39 is 0 Å². The van der Waals surface area contributed by atoms with Crippen molar-refractivity contribution in [3.05, 3.63) is 57.3 Å². The van der Waals surface area contributed by atoms with Gasteiger partial charge in [0.2, 0.25) is 0 Å². The minimum atomic E-state index is -0.171. The quantitative estimate of drug-likeness (QED) is 0.854. The number of hydrogen-bond acceptors (Lipinski definition) is 3. The molecule has 1 heterocycles. The number of nitriles is 1. The monoisotopic (exact) mass is 364 g/mol. The molecule has 1 N–H and O–H groups in total. The number of nitrogens with zero attached hydrogens (tertiary/aromatic N) is 3. The van der Waals surface area contributed by atoms with E-state index in [-0.39, 0.29) is 11.1 Å². The molecule has 24 heavy (non-hydrogen) atoms. The average molecular weight is 365 g/mol. The Hall–Kier alpha value is -2.00. The van der Waals surface area contributed by atoms with Gasteiger partial charge in [-0.15, -0.1) is 0 Å². The zero-order chi connectivity index (χ0) is 17.7. The van der Waals surface area contributed by atoms with Crippen molar-refractivity contribution < 1.29 is 4.79 Å². The second kappa shape index (κ2) is 8.20. The van der Waals surface area contributed by atoms with Crippen LogP contribution >= 0.6 is 23.2 Å². The summed E-state index contributed by atoms with van der Waals surface area (Å²) in [5.74, 6) is -0.171. The molecule has 0 fully saturated rings. The Morgan fingerprint density at radius 2 is 1.88 bits per heavy atom. The van der Waals surface area contributed by atoms with E-state index >= 15 is 0 Å². The number of aromatic amines is 1. The lowest BCUT2D eigenvalue weighted by Crippen LogP contribution is -2.36. The Kier molecular flexibility index (Phi) is 6.27. The zero-order valence-corrected chi connectivity index (χ0v) is 15.0. The number of amides is 1. The lowest BCUT2D eigenvalue weighted by Gasteiger charge is -2.24. The lowest BCUT2D eigenvalue weighted by molar-refractivity contribution is 0.0726. The number of halogens is 2. The van der Waals surface area contributed by atoms with Crippen LogP contribution in [0.5, 0.6) is 0 Å². The minimum absolute atomic E-state index is 0.171. The van der Waals surface area contributed by atoms with Gasteiger partial charge in [-0.05, 0) is 37.9 Å². The van der Waals surface area contributed by atoms with Crippen LogP contribution in [0.3, 0.4) is 0 Å². The van der Waals surface area contributed by atoms with Crippen LogP contribution in [-0.4, -0.2) is 47.9 Å². The first-order valence-electron chi connectivity index (χ1n) is 7.37. The Balaban J connectivity index is 2.19. The fourth-order valence-corrected chi connectivity index (χ4v) is 2.48. The van der Waals surface area contributed by atoms with Gasteiger partial charge >= 0.3 is 0 Å². The predicted octanol–water partition coefficient (Wildman–Crippen LogP) is 3.40. The van der Waals surface area contributed by atoms with Gasteiger partial charge < -0.3 is 14.8 Å². The molecule has 7 heteroatoms. The summed E-state index contributed by atoms with van der Waals surface area (Å²) in [5.41, 5.74) is 1.90. The number of carbonyl (C=O) groups is 1. The molecular formula is C17H18Cl2N4O. The molecule has 0 radical (unpaired) electrons. The molecule has 0 unspecified atom stereocenters. The van der Waals surface area contributed by atoms with Gasteiger partial charge in [-0.25, -0.2) is 0 Å². The van der Waals surface area contributed by atoms with Crippen molar-refractivity contribution >= 4 is 29.1 Å². The van der Waals surface area contributed by atoms with E-state index in [1.54, 1.807) is 17.0 Å². The number of H-pyrrole nitrogens is 1. The molecule has 2 rings (SSSR count). The summed E-state index contributed by atoms with van der Waals surface area (Å²) in [5, 5.41) is 9.45. The predicted molar refractivity (Wildman–Crippen MR) is 95.3 cm³/mol. The van der Waals surface area contributed by atoms with Crippen molar-refractivity contribution in [2.24, 2.45) is 0 Å². The van der Waals surface area contributed by atoms with Crippen LogP contribution < -0.4 is 0 Å². The molecule has 0 aliphatic rings. The van der Waals surface area contributed by atoms with Gasteiger partial charge in [-0.1, -0.05) is 35.3 Å². The Morgan fingerprint density at radius 1 is 1.21 bits per heavy atom. The summed E-state index contributed by atoms with van der Waals surface area (Å²) in [7, 11) is 3.90. The van der Waals surface area contributed by atoms with E-state index in [0.29, 0.717) is 29.4 Å². The van der Waals surface area contributed by atoms with Crippen LogP contribution in [0.4, 0.5) is 0 Å². The van der Waals surface area contributed by atoms with Crippen LogP contribution in [0, 0.1) is 11.3 Å². The first-order valence-corrected chi connectivity index (χ1v) is 8.13. The van der Waals surface area contributed by atoms with E-state index in [1.165, 1.54) is 6.07 Å². The van der Waals surface area contributed by atoms with Gasteiger partial charge in [-0.2, -0.15) is 5.26 Å². The summed E-state index contributed by atoms with van der Waals surface area (Å²) in [4.78, 5) is 19.3. The number of carbonyl (C=O) groups excluding carboxylic acids is 1. The van der Waals surface area contributed by atoms with Crippen molar-refractivity contribution in [1.82, 2.24) is 14.8 Å². The lowest BCUT2D eigenvalue weighted by atomic mass is 10.1. The standard InChI is InChI=1S/C17H18Cl2N4O/c1-22(2)7-8-23(11-13-5-3-12(10-20)4-6-13)17(24)15-9-14(18)16(19)21-15/h3-6,9,21H,7-8,11H2,1-2H3. The van der Waals surface area contributed by atoms with E-state index in [9.17, 15) is 4.79 Å². The Bertz CT molecular complexity index is 727. The second-order valence-corrected chi connectivity index (χ2v) is 6.47. The molecular weight excluding hydrogens is 347 g/mol. The molecule has 0 atom stereocenters. The largest absolute Gasteiger partial charge is 0.340 e. The van der Waals surface area contributed by atoms with Crippen molar-refractivity contribution in [3.63, 3.8) is 0 Å². The highest BCUT2D eigenvalue weighted by Gasteiger charge is 2.19. The fourth-order valence-electron chi connectivity index (χ4n) is 2.17. The summed E-state index contributed by atoms with van der Waals surface area (Å²) in [6, 6.07) is 10.8. The van der Waals surface area contributed by atoms with Crippen molar-refractivity contribution in [3.8, 4) is 6.07 Å². The van der Waals surface area contributed by atoms with Gasteiger partial charge in [0, 0.05) is 19.6 Å². The molecule has 1 amide bonds. The molecule has 0 saturated heterocycles. The molecule has 0 bridgehead atoms. The average Bonchev–Trinajstić information content (AvgIpc) is 2.90. The minimum Gasteiger partial charge on any atom is -0.340 e. The Labute approximate surface area is 151 Å². The maximum Gasteiger partial charge on any atom is 0.270 e. The SMILES string of the molecule is CN(C)CCN(Cc1ccc(C#N)cc1)C(=O)c1cc(Cl)c(Cl)[nH]1. The van der Waals surface area contributed by atoms with E-state index in [2.05, 4.69) is 11.1 Å². The van der Waals surface area contributed by atoms with Gasteiger partial charge in [-0.3, -0.25) is 4.79 Å². The highest BCUT2D eigenvalue weighted by atomic mass is 35.5. The summed E-state index contributed by atoms with van der Waals surface area (Å²) < 4.78 is 0. The van der Waals surface area contributed by atoms with Crippen LogP contribution in [-0.2, 0) is 6.54 Å². The van der Waals surface area contributed by atoms with Gasteiger partial charge in [0.25, 0.3) is 5.91 Å². The van der Waals surface area contributed by atoms with E-state index in [1.807, 2.05) is 31.1 Å². The van der Waals surface area contributed by atoms with Crippen LogP contribution in [0.15, 0.2) is 30.3 Å². The van der Waals surface area contributed by atoms with Crippen LogP contribution in [0.1, 0.15) is 21.6 Å². The third-order valence-electron chi connectivity index (χ3n) is 3.52. The number of hydrogen-bond donors (Lipinski definition) is 1. The third-order valence-corrected chi connectivity index (χ3v) is 4.21. The first kappa shape index (κ1) is 18.3. The Morgan fingerprint density at radius 3 is 2.38 bits per heavy atom. The number of rotatable bonds is 6. The summed E-state index contributed by atoms with van der Waals surface area (Å²) in [6.07, 6.45) is 0. The number of aromatic nitrogens is 1. The molecule has 0 spiro atoms. The normalized spacial score (nSPS) is 10.7. The van der Waals surface area contributed by atoms with E-state index in [4.69, 9.17) is 28.5 Å². The van der Waals surface area contributed by atoms with Crippen molar-refractivity contribution in [2.75, 3.05) is 27.2 Å². The fraction of sp³-hybridized carbons (Fsp3) is 0.294. The summed E-state index contributed by atoms with van der Waals surface area (Å²) in [6.45, 7) is 1.72. The van der Waals surface area contributed by atoms with Crippen molar-refractivity contribution in [1.29, 1.82) is 5.26 Å². The molecule has 1 aromatic carbocycles. The summed E-state index contributed by atoms with van der Waals surface area (Å²) >= 11 is 11.8. The van der Waals surface area contributed by atoms with Crippen molar-refractivity contribution in [2.45, 2.75) is 6.54 Å². The highest BCUT2D eigenvalue weighted by molar-refractivity contribution is 6.41. The molecule has 5 nitrogen and oxygen atoms in total. The molecule has 0 aliphatic heterocycles. The zero-order valence-electron chi connectivity index (χ0n) is 13.5. The molecule has 1 aromatic heterocycles. The van der Waals surface area contributed by atoms with Gasteiger partial charge in [0.1, 0.15) is 10.8 Å².